The van der Waals surface area contributed by atoms with Gasteiger partial charge in [-0.3, -0.25) is 4.98 Å². The Hall–Kier alpha value is -2.40. The molecule has 2 aromatic heterocycles. The summed E-state index contributed by atoms with van der Waals surface area (Å²) in [7, 11) is 0. The minimum atomic E-state index is 0.566. The van der Waals surface area contributed by atoms with Crippen molar-refractivity contribution in [1.29, 1.82) is 0 Å². The fourth-order valence-electron chi connectivity index (χ4n) is 2.16. The van der Waals surface area contributed by atoms with E-state index < -0.39 is 0 Å². The highest BCUT2D eigenvalue weighted by Gasteiger charge is 2.13. The number of aromatic nitrogens is 2. The first-order chi connectivity index (χ1) is 10.3. The zero-order valence-corrected chi connectivity index (χ0v) is 12.5. The first-order valence-corrected chi connectivity index (χ1v) is 7.47. The van der Waals surface area contributed by atoms with Crippen LogP contribution in [0.5, 0.6) is 0 Å². The van der Waals surface area contributed by atoms with Gasteiger partial charge in [0.05, 0.1) is 5.56 Å². The minimum Gasteiger partial charge on any atom is -0.382 e. The van der Waals surface area contributed by atoms with Gasteiger partial charge in [0.15, 0.2) is 0 Å². The third kappa shape index (κ3) is 2.87. The molecular formula is C16H16N4S. The van der Waals surface area contributed by atoms with Crippen molar-refractivity contribution in [1.82, 2.24) is 9.36 Å². The lowest BCUT2D eigenvalue weighted by atomic mass is 10.1. The number of rotatable bonds is 4. The molecule has 0 aliphatic rings. The molecule has 0 aliphatic heterocycles. The van der Waals surface area contributed by atoms with Crippen LogP contribution < -0.4 is 11.1 Å². The van der Waals surface area contributed by atoms with Crippen LogP contribution in [-0.2, 0) is 6.54 Å². The Labute approximate surface area is 127 Å². The highest BCUT2D eigenvalue weighted by Crippen LogP contribution is 2.36. The van der Waals surface area contributed by atoms with Gasteiger partial charge < -0.3 is 11.1 Å². The van der Waals surface area contributed by atoms with Crippen LogP contribution in [0.15, 0.2) is 48.8 Å². The molecule has 0 aliphatic carbocycles. The number of nitrogens with one attached hydrogen (secondary N) is 1. The molecule has 3 N–H and O–H groups in total. The highest BCUT2D eigenvalue weighted by molar-refractivity contribution is 7.11. The van der Waals surface area contributed by atoms with Gasteiger partial charge in [0, 0.05) is 18.9 Å². The number of hydrogen-bond acceptors (Lipinski definition) is 5. The second kappa shape index (κ2) is 5.93. The Morgan fingerprint density at radius 1 is 1.19 bits per heavy atom. The summed E-state index contributed by atoms with van der Waals surface area (Å²) in [6.45, 7) is 2.79. The number of hydrogen-bond donors (Lipinski definition) is 2. The molecule has 4 nitrogen and oxygen atoms in total. The van der Waals surface area contributed by atoms with Crippen LogP contribution in [0.4, 0.5) is 10.8 Å². The van der Waals surface area contributed by atoms with Crippen LogP contribution in [0.1, 0.15) is 11.1 Å². The second-order valence-corrected chi connectivity index (χ2v) is 5.57. The molecule has 2 heterocycles. The fraction of sp³-hybridized carbons (Fsp3) is 0.125. The smallest absolute Gasteiger partial charge is 0.147 e. The lowest BCUT2D eigenvalue weighted by molar-refractivity contribution is 1.09. The molecule has 0 atom stereocenters. The van der Waals surface area contributed by atoms with E-state index in [1.165, 1.54) is 22.7 Å². The van der Waals surface area contributed by atoms with Crippen molar-refractivity contribution in [3.63, 3.8) is 0 Å². The Morgan fingerprint density at radius 2 is 2.00 bits per heavy atom. The Kier molecular flexibility index (Phi) is 3.83. The largest absolute Gasteiger partial charge is 0.382 e. The van der Waals surface area contributed by atoms with Crippen LogP contribution >= 0.6 is 11.5 Å². The normalized spacial score (nSPS) is 10.5. The Bertz CT molecular complexity index is 737. The Morgan fingerprint density at radius 3 is 2.76 bits per heavy atom. The van der Waals surface area contributed by atoms with E-state index in [-0.39, 0.29) is 0 Å². The van der Waals surface area contributed by atoms with Gasteiger partial charge in [-0.1, -0.05) is 30.3 Å². The van der Waals surface area contributed by atoms with E-state index in [1.54, 1.807) is 6.20 Å². The van der Waals surface area contributed by atoms with Gasteiger partial charge >= 0.3 is 0 Å². The predicted molar refractivity (Wildman–Crippen MR) is 88.3 cm³/mol. The zero-order chi connectivity index (χ0) is 14.7. The molecule has 0 unspecified atom stereocenters. The maximum absolute atomic E-state index is 6.02. The summed E-state index contributed by atoms with van der Waals surface area (Å²) in [5.41, 5.74) is 10.5. The topological polar surface area (TPSA) is 63.8 Å². The van der Waals surface area contributed by atoms with Gasteiger partial charge in [0.25, 0.3) is 0 Å². The number of aryl methyl sites for hydroxylation is 1. The highest BCUT2D eigenvalue weighted by atomic mass is 32.1. The van der Waals surface area contributed by atoms with Crippen molar-refractivity contribution in [3.8, 4) is 11.1 Å². The molecule has 0 spiro atoms. The number of anilines is 2. The first kappa shape index (κ1) is 13.6. The van der Waals surface area contributed by atoms with Crippen molar-refractivity contribution < 1.29 is 0 Å². The third-order valence-corrected chi connectivity index (χ3v) is 4.19. The number of nitrogens with two attached hydrogens (primary N) is 1. The van der Waals surface area contributed by atoms with Crippen molar-refractivity contribution in [3.05, 3.63) is 59.9 Å². The number of pyridine rings is 1. The molecule has 0 saturated carbocycles. The zero-order valence-electron chi connectivity index (χ0n) is 11.7. The molecule has 0 radical (unpaired) electrons. The van der Waals surface area contributed by atoms with Gasteiger partial charge in [0.1, 0.15) is 10.8 Å². The van der Waals surface area contributed by atoms with Gasteiger partial charge in [-0.05, 0) is 41.2 Å². The summed E-state index contributed by atoms with van der Waals surface area (Å²) in [5, 5.41) is 4.41. The molecular weight excluding hydrogens is 280 g/mol. The third-order valence-electron chi connectivity index (χ3n) is 3.37. The maximum atomic E-state index is 6.02. The van der Waals surface area contributed by atoms with E-state index in [4.69, 9.17) is 5.73 Å². The summed E-state index contributed by atoms with van der Waals surface area (Å²) in [6, 6.07) is 12.1. The molecule has 3 rings (SSSR count). The summed E-state index contributed by atoms with van der Waals surface area (Å²) in [6.07, 6.45) is 3.69. The van der Waals surface area contributed by atoms with Gasteiger partial charge in [-0.2, -0.15) is 4.37 Å². The Balaban J connectivity index is 1.86. The van der Waals surface area contributed by atoms with Crippen molar-refractivity contribution >= 4 is 22.4 Å². The maximum Gasteiger partial charge on any atom is 0.147 e. The number of nitrogen functional groups attached to an aromatic ring is 1. The summed E-state index contributed by atoms with van der Waals surface area (Å²) in [4.78, 5) is 4.17. The van der Waals surface area contributed by atoms with Crippen LogP contribution in [0.3, 0.4) is 0 Å². The monoisotopic (exact) mass is 296 g/mol. The number of nitrogens with zero attached hydrogens (tertiary/aromatic N) is 2. The molecule has 0 bridgehead atoms. The molecule has 5 heteroatoms. The summed E-state index contributed by atoms with van der Waals surface area (Å²) in [5.74, 6) is 0.566. The molecule has 106 valence electrons. The second-order valence-electron chi connectivity index (χ2n) is 4.79. The fourth-order valence-corrected chi connectivity index (χ4v) is 2.90. The molecule has 0 saturated heterocycles. The number of benzene rings is 1. The van der Waals surface area contributed by atoms with E-state index >= 15 is 0 Å². The molecule has 0 fully saturated rings. The summed E-state index contributed by atoms with van der Waals surface area (Å²) >= 11 is 1.39. The van der Waals surface area contributed by atoms with E-state index in [0.717, 1.165) is 16.1 Å². The van der Waals surface area contributed by atoms with Gasteiger partial charge in [0.2, 0.25) is 0 Å². The van der Waals surface area contributed by atoms with Gasteiger partial charge in [-0.25, -0.2) is 0 Å². The van der Waals surface area contributed by atoms with Gasteiger partial charge in [-0.15, -0.1) is 0 Å². The first-order valence-electron chi connectivity index (χ1n) is 6.69. The molecule has 21 heavy (non-hydrogen) atoms. The van der Waals surface area contributed by atoms with E-state index in [9.17, 15) is 0 Å². The van der Waals surface area contributed by atoms with Crippen LogP contribution in [0.2, 0.25) is 0 Å². The van der Waals surface area contributed by atoms with Crippen molar-refractivity contribution in [2.24, 2.45) is 0 Å². The van der Waals surface area contributed by atoms with Crippen molar-refractivity contribution in [2.45, 2.75) is 13.5 Å². The quantitative estimate of drug-likeness (QED) is 0.770. The van der Waals surface area contributed by atoms with Crippen LogP contribution in [0, 0.1) is 6.92 Å². The minimum absolute atomic E-state index is 0.566. The summed E-state index contributed by atoms with van der Waals surface area (Å²) < 4.78 is 4.27. The molecule has 1 aromatic carbocycles. The molecule has 3 aromatic rings. The van der Waals surface area contributed by atoms with Crippen molar-refractivity contribution in [2.75, 3.05) is 11.1 Å². The lowest BCUT2D eigenvalue weighted by Gasteiger charge is -2.09. The average Bonchev–Trinajstić information content (AvgIpc) is 2.88. The molecule has 0 amide bonds. The lowest BCUT2D eigenvalue weighted by Crippen LogP contribution is -2.01. The van der Waals surface area contributed by atoms with E-state index in [2.05, 4.69) is 21.6 Å². The van der Waals surface area contributed by atoms with Crippen LogP contribution in [-0.4, -0.2) is 9.36 Å². The van der Waals surface area contributed by atoms with E-state index in [0.29, 0.717) is 12.4 Å². The average molecular weight is 296 g/mol. The standard InChI is InChI=1S/C16H16N4S/c1-11-7-8-18-9-13(11)10-19-16-14(15(17)20-21-16)12-5-3-2-4-6-12/h2-9,19H,10H2,1H3,(H2,17,20). The SMILES string of the molecule is Cc1ccncc1CNc1snc(N)c1-c1ccccc1. The van der Waals surface area contributed by atoms with E-state index in [1.807, 2.05) is 42.6 Å². The van der Waals surface area contributed by atoms with Crippen LogP contribution in [0.25, 0.3) is 11.1 Å². The predicted octanol–water partition coefficient (Wildman–Crippen LogP) is 3.71.